The number of hydrogen-bond donors (Lipinski definition) is 2. The molecule has 0 aromatic heterocycles. The van der Waals surface area contributed by atoms with Crippen molar-refractivity contribution in [2.24, 2.45) is 5.92 Å². The molecule has 1 saturated heterocycles. The van der Waals surface area contributed by atoms with Gasteiger partial charge in [0.05, 0.1) is 26.4 Å². The van der Waals surface area contributed by atoms with E-state index in [2.05, 4.69) is 20.4 Å². The molecule has 3 aliphatic rings. The predicted molar refractivity (Wildman–Crippen MR) is 157 cm³/mol. The van der Waals surface area contributed by atoms with Crippen LogP contribution in [0.15, 0.2) is 42.5 Å². The number of carbonyl (C=O) groups is 2. The Morgan fingerprint density at radius 1 is 1.02 bits per heavy atom. The fourth-order valence-corrected chi connectivity index (χ4v) is 6.43. The van der Waals surface area contributed by atoms with Crippen LogP contribution in [0.3, 0.4) is 0 Å². The molecule has 2 aliphatic heterocycles. The molecule has 9 heteroatoms. The highest BCUT2D eigenvalue weighted by Gasteiger charge is 2.30. The van der Waals surface area contributed by atoms with Gasteiger partial charge in [-0.25, -0.2) is 4.39 Å². The lowest BCUT2D eigenvalue weighted by Gasteiger charge is -2.34. The molecule has 0 bridgehead atoms. The van der Waals surface area contributed by atoms with Crippen molar-refractivity contribution < 1.29 is 23.5 Å². The zero-order chi connectivity index (χ0) is 28.6. The second-order valence-corrected chi connectivity index (χ2v) is 11.6. The summed E-state index contributed by atoms with van der Waals surface area (Å²) in [7, 11) is 1.57. The van der Waals surface area contributed by atoms with Crippen molar-refractivity contribution in [2.75, 3.05) is 57.9 Å². The van der Waals surface area contributed by atoms with Gasteiger partial charge in [-0.3, -0.25) is 14.5 Å². The predicted octanol–water partition coefficient (Wildman–Crippen LogP) is 3.78. The van der Waals surface area contributed by atoms with Gasteiger partial charge in [0.1, 0.15) is 17.6 Å². The van der Waals surface area contributed by atoms with E-state index in [1.165, 1.54) is 12.5 Å². The van der Waals surface area contributed by atoms with Gasteiger partial charge in [-0.2, -0.15) is 0 Å². The average molecular weight is 567 g/mol. The summed E-state index contributed by atoms with van der Waals surface area (Å²) in [6.45, 7) is 5.05. The highest BCUT2D eigenvalue weighted by molar-refractivity contribution is 5.97. The van der Waals surface area contributed by atoms with Crippen molar-refractivity contribution in [1.29, 1.82) is 0 Å². The van der Waals surface area contributed by atoms with Gasteiger partial charge in [0.2, 0.25) is 5.91 Å². The number of halogens is 1. The molecule has 2 N–H and O–H groups in total. The minimum Gasteiger partial charge on any atom is -0.497 e. The summed E-state index contributed by atoms with van der Waals surface area (Å²) in [5, 5.41) is 6.39. The first-order valence-corrected chi connectivity index (χ1v) is 15.1. The van der Waals surface area contributed by atoms with Crippen LogP contribution in [0.4, 0.5) is 10.1 Å². The van der Waals surface area contributed by atoms with Crippen LogP contribution in [-0.4, -0.2) is 81.8 Å². The van der Waals surface area contributed by atoms with Crippen LogP contribution in [0.2, 0.25) is 0 Å². The lowest BCUT2D eigenvalue weighted by Crippen LogP contribution is -2.56. The van der Waals surface area contributed by atoms with Crippen molar-refractivity contribution in [3.63, 3.8) is 0 Å². The standard InChI is InChI=1S/C32H43FN4O4/c1-40-28-9-5-8-25(20-28)31(38)35-29(18-23-6-3-2-4-7-23)32(39)34-27(21-36-14-16-41-17-15-36)22-37-13-12-24-19-26(33)10-11-30(24)37/h5,8-11,19-20,23,27,29H,2-4,6-7,12-18,21-22H2,1H3,(H,34,39)(H,35,38)/t27-,29-/m0/s1. The van der Waals surface area contributed by atoms with Crippen molar-refractivity contribution in [1.82, 2.24) is 15.5 Å². The van der Waals surface area contributed by atoms with Gasteiger partial charge in [-0.15, -0.1) is 0 Å². The maximum atomic E-state index is 14.0. The molecule has 2 fully saturated rings. The van der Waals surface area contributed by atoms with E-state index >= 15 is 0 Å². The van der Waals surface area contributed by atoms with Crippen LogP contribution in [0.5, 0.6) is 5.75 Å². The van der Waals surface area contributed by atoms with Gasteiger partial charge in [0.15, 0.2) is 0 Å². The normalized spacial score (nSPS) is 19.3. The number of ether oxygens (including phenoxy) is 2. The number of nitrogens with one attached hydrogen (secondary N) is 2. The Labute approximate surface area is 242 Å². The molecule has 8 nitrogen and oxygen atoms in total. The molecule has 222 valence electrons. The fourth-order valence-electron chi connectivity index (χ4n) is 6.43. The van der Waals surface area contributed by atoms with Crippen molar-refractivity contribution >= 4 is 17.5 Å². The number of anilines is 1. The number of carbonyl (C=O) groups excluding carboxylic acids is 2. The van der Waals surface area contributed by atoms with Crippen LogP contribution >= 0.6 is 0 Å². The molecule has 0 spiro atoms. The highest BCUT2D eigenvalue weighted by Crippen LogP contribution is 2.29. The lowest BCUT2D eigenvalue weighted by molar-refractivity contribution is -0.124. The first-order chi connectivity index (χ1) is 20.0. The SMILES string of the molecule is COc1cccc(C(=O)N[C@@H](CC2CCCCC2)C(=O)N[C@@H](CN2CCOCC2)CN2CCc3cc(F)ccc32)c1. The first kappa shape index (κ1) is 29.3. The Kier molecular flexibility index (Phi) is 10.1. The number of morpholine rings is 1. The van der Waals surface area contributed by atoms with Gasteiger partial charge < -0.3 is 25.0 Å². The third kappa shape index (κ3) is 7.98. The van der Waals surface area contributed by atoms with Gasteiger partial charge in [0, 0.05) is 44.0 Å². The van der Waals surface area contributed by atoms with Crippen molar-refractivity contribution in [3.05, 3.63) is 59.4 Å². The lowest BCUT2D eigenvalue weighted by atomic mass is 9.84. The van der Waals surface area contributed by atoms with Gasteiger partial charge in [-0.1, -0.05) is 38.2 Å². The van der Waals surface area contributed by atoms with Crippen molar-refractivity contribution in [2.45, 2.75) is 57.0 Å². The van der Waals surface area contributed by atoms with E-state index in [9.17, 15) is 14.0 Å². The van der Waals surface area contributed by atoms with Crippen LogP contribution < -0.4 is 20.3 Å². The van der Waals surface area contributed by atoms with E-state index in [0.717, 1.165) is 63.0 Å². The molecule has 0 unspecified atom stereocenters. The van der Waals surface area contributed by atoms with Crippen LogP contribution in [-0.2, 0) is 16.0 Å². The quantitative estimate of drug-likeness (QED) is 0.431. The summed E-state index contributed by atoms with van der Waals surface area (Å²) in [4.78, 5) is 31.8. The van der Waals surface area contributed by atoms with E-state index in [1.807, 2.05) is 6.07 Å². The van der Waals surface area contributed by atoms with Crippen LogP contribution in [0, 0.1) is 11.7 Å². The second-order valence-electron chi connectivity index (χ2n) is 11.6. The van der Waals surface area contributed by atoms with Gasteiger partial charge in [-0.05, 0) is 60.7 Å². The Hall–Kier alpha value is -3.17. The number of rotatable bonds is 11. The average Bonchev–Trinajstić information content (AvgIpc) is 3.39. The van der Waals surface area contributed by atoms with E-state index < -0.39 is 6.04 Å². The first-order valence-electron chi connectivity index (χ1n) is 15.1. The maximum Gasteiger partial charge on any atom is 0.252 e. The zero-order valence-corrected chi connectivity index (χ0v) is 24.1. The molecular weight excluding hydrogens is 523 g/mol. The van der Waals surface area contributed by atoms with Crippen LogP contribution in [0.1, 0.15) is 54.4 Å². The Morgan fingerprint density at radius 3 is 2.61 bits per heavy atom. The summed E-state index contributed by atoms with van der Waals surface area (Å²) in [5.41, 5.74) is 2.50. The monoisotopic (exact) mass is 566 g/mol. The fraction of sp³-hybridized carbons (Fsp3) is 0.562. The Balaban J connectivity index is 1.32. The third-order valence-corrected chi connectivity index (χ3v) is 8.65. The Bertz CT molecular complexity index is 1180. The minimum absolute atomic E-state index is 0.149. The molecule has 2 amide bonds. The smallest absolute Gasteiger partial charge is 0.252 e. The number of methoxy groups -OCH3 is 1. The van der Waals surface area contributed by atoms with Gasteiger partial charge in [0.25, 0.3) is 5.91 Å². The van der Waals surface area contributed by atoms with Crippen molar-refractivity contribution in [3.8, 4) is 5.75 Å². The number of amides is 2. The topological polar surface area (TPSA) is 83.1 Å². The zero-order valence-electron chi connectivity index (χ0n) is 24.1. The molecule has 2 atom stereocenters. The number of benzene rings is 2. The second kappa shape index (κ2) is 14.1. The molecule has 1 saturated carbocycles. The van der Waals surface area contributed by atoms with E-state index in [-0.39, 0.29) is 23.7 Å². The summed E-state index contributed by atoms with van der Waals surface area (Å²) in [6.07, 6.45) is 7.12. The Morgan fingerprint density at radius 2 is 1.83 bits per heavy atom. The third-order valence-electron chi connectivity index (χ3n) is 8.65. The summed E-state index contributed by atoms with van der Waals surface area (Å²) < 4.78 is 24.7. The molecule has 2 heterocycles. The maximum absolute atomic E-state index is 14.0. The van der Waals surface area contributed by atoms with E-state index in [1.54, 1.807) is 37.4 Å². The van der Waals surface area contributed by atoms with Crippen LogP contribution in [0.25, 0.3) is 0 Å². The molecule has 5 rings (SSSR count). The number of hydrogen-bond acceptors (Lipinski definition) is 6. The highest BCUT2D eigenvalue weighted by atomic mass is 19.1. The van der Waals surface area contributed by atoms with E-state index in [4.69, 9.17) is 9.47 Å². The van der Waals surface area contributed by atoms with E-state index in [0.29, 0.717) is 50.0 Å². The summed E-state index contributed by atoms with van der Waals surface area (Å²) in [6, 6.07) is 11.2. The molecule has 0 radical (unpaired) electrons. The number of fused-ring (bicyclic) bond motifs is 1. The summed E-state index contributed by atoms with van der Waals surface area (Å²) >= 11 is 0. The number of nitrogens with zero attached hydrogens (tertiary/aromatic N) is 2. The molecule has 41 heavy (non-hydrogen) atoms. The molecule has 2 aromatic rings. The molecule has 2 aromatic carbocycles. The van der Waals surface area contributed by atoms with Gasteiger partial charge >= 0.3 is 0 Å². The minimum atomic E-state index is -0.635. The summed E-state index contributed by atoms with van der Waals surface area (Å²) in [5.74, 6) is 0.357. The molecule has 1 aliphatic carbocycles. The molecular formula is C32H43FN4O4. The largest absolute Gasteiger partial charge is 0.497 e.